The number of benzene rings is 1. The topological polar surface area (TPSA) is 65.1 Å². The highest BCUT2D eigenvalue weighted by atomic mass is 16.3. The summed E-state index contributed by atoms with van der Waals surface area (Å²) in [6, 6.07) is 6.05. The molecular weight excluding hydrogens is 252 g/mol. The fourth-order valence-corrected chi connectivity index (χ4v) is 2.49. The van der Waals surface area contributed by atoms with E-state index in [0.29, 0.717) is 19.4 Å². The molecule has 20 heavy (non-hydrogen) atoms. The van der Waals surface area contributed by atoms with E-state index in [1.165, 1.54) is 0 Å². The Morgan fingerprint density at radius 2 is 2.25 bits per heavy atom. The summed E-state index contributed by atoms with van der Waals surface area (Å²) in [5, 5.41) is 13.5. The van der Waals surface area contributed by atoms with Crippen LogP contribution < -0.4 is 5.32 Å². The summed E-state index contributed by atoms with van der Waals surface area (Å²) < 4.78 is 0. The highest BCUT2D eigenvalue weighted by molar-refractivity contribution is 5.90. The maximum absolute atomic E-state index is 11.9. The number of aliphatic hydroxyl groups excluding tert-OH is 1. The Labute approximate surface area is 119 Å². The van der Waals surface area contributed by atoms with E-state index in [2.05, 4.69) is 10.3 Å². The first-order valence-electron chi connectivity index (χ1n) is 7.12. The third-order valence-electron chi connectivity index (χ3n) is 3.50. The Bertz CT molecular complexity index is 589. The van der Waals surface area contributed by atoms with Crippen LogP contribution in [-0.4, -0.2) is 28.6 Å². The predicted octanol–water partition coefficient (Wildman–Crippen LogP) is 2.30. The average molecular weight is 274 g/mol. The number of nitrogens with one attached hydrogen (secondary N) is 2. The summed E-state index contributed by atoms with van der Waals surface area (Å²) >= 11 is 0. The Kier molecular flexibility index (Phi) is 4.79. The van der Waals surface area contributed by atoms with Crippen LogP contribution in [0.15, 0.2) is 24.4 Å². The number of carbonyl (C=O) groups is 1. The Morgan fingerprint density at radius 3 is 3.00 bits per heavy atom. The quantitative estimate of drug-likeness (QED) is 0.756. The van der Waals surface area contributed by atoms with Gasteiger partial charge in [0.25, 0.3) is 0 Å². The van der Waals surface area contributed by atoms with Gasteiger partial charge in [0.05, 0.1) is 12.5 Å². The van der Waals surface area contributed by atoms with Gasteiger partial charge in [-0.3, -0.25) is 4.79 Å². The van der Waals surface area contributed by atoms with Crippen molar-refractivity contribution in [3.63, 3.8) is 0 Å². The van der Waals surface area contributed by atoms with Gasteiger partial charge in [-0.1, -0.05) is 25.5 Å². The Morgan fingerprint density at radius 1 is 1.45 bits per heavy atom. The number of hydrogen-bond acceptors (Lipinski definition) is 2. The van der Waals surface area contributed by atoms with E-state index in [9.17, 15) is 9.90 Å². The number of aromatic amines is 1. The minimum atomic E-state index is -0.450. The normalized spacial score (nSPS) is 12.6. The van der Waals surface area contributed by atoms with E-state index in [1.54, 1.807) is 0 Å². The Balaban J connectivity index is 2.00. The van der Waals surface area contributed by atoms with Gasteiger partial charge in [-0.25, -0.2) is 0 Å². The summed E-state index contributed by atoms with van der Waals surface area (Å²) in [6.07, 6.45) is 3.41. The first kappa shape index (κ1) is 14.6. The minimum Gasteiger partial charge on any atom is -0.391 e. The van der Waals surface area contributed by atoms with Crippen molar-refractivity contribution in [2.45, 2.75) is 39.2 Å². The molecule has 4 heteroatoms. The molecule has 1 heterocycles. The molecule has 3 N–H and O–H groups in total. The van der Waals surface area contributed by atoms with Crippen LogP contribution in [0.4, 0.5) is 0 Å². The lowest BCUT2D eigenvalue weighted by molar-refractivity contribution is -0.120. The molecule has 0 saturated heterocycles. The highest BCUT2D eigenvalue weighted by Gasteiger charge is 2.11. The van der Waals surface area contributed by atoms with E-state index in [0.717, 1.165) is 28.5 Å². The molecule has 1 aromatic carbocycles. The van der Waals surface area contributed by atoms with Crippen LogP contribution in [0.3, 0.4) is 0 Å². The summed E-state index contributed by atoms with van der Waals surface area (Å²) in [4.78, 5) is 15.1. The highest BCUT2D eigenvalue weighted by Crippen LogP contribution is 2.22. The monoisotopic (exact) mass is 274 g/mol. The maximum atomic E-state index is 11.9. The number of fused-ring (bicyclic) bond motifs is 1. The van der Waals surface area contributed by atoms with Crippen molar-refractivity contribution >= 4 is 16.8 Å². The van der Waals surface area contributed by atoms with Crippen molar-refractivity contribution < 1.29 is 9.90 Å². The van der Waals surface area contributed by atoms with Gasteiger partial charge < -0.3 is 15.4 Å². The van der Waals surface area contributed by atoms with E-state index in [4.69, 9.17) is 0 Å². The smallest absolute Gasteiger partial charge is 0.224 e. The predicted molar refractivity (Wildman–Crippen MR) is 80.7 cm³/mol. The van der Waals surface area contributed by atoms with Crippen LogP contribution in [0.1, 0.15) is 30.9 Å². The third kappa shape index (κ3) is 3.39. The number of aryl methyl sites for hydroxylation is 1. The van der Waals surface area contributed by atoms with Crippen molar-refractivity contribution in [2.75, 3.05) is 6.54 Å². The Hall–Kier alpha value is -1.81. The van der Waals surface area contributed by atoms with Crippen molar-refractivity contribution in [1.29, 1.82) is 0 Å². The van der Waals surface area contributed by atoms with Crippen LogP contribution in [0.25, 0.3) is 10.9 Å². The SMILES string of the molecule is CCCC(O)CNC(=O)Cc1c[nH]c2cccc(C)c12. The van der Waals surface area contributed by atoms with Gasteiger partial charge >= 0.3 is 0 Å². The van der Waals surface area contributed by atoms with Crippen LogP contribution in [-0.2, 0) is 11.2 Å². The summed E-state index contributed by atoms with van der Waals surface area (Å²) in [7, 11) is 0. The fraction of sp³-hybridized carbons (Fsp3) is 0.438. The van der Waals surface area contributed by atoms with Gasteiger partial charge in [0, 0.05) is 23.6 Å². The lowest BCUT2D eigenvalue weighted by atomic mass is 10.1. The third-order valence-corrected chi connectivity index (χ3v) is 3.50. The molecular formula is C16H22N2O2. The molecule has 1 atom stereocenters. The van der Waals surface area contributed by atoms with Gasteiger partial charge in [-0.2, -0.15) is 0 Å². The number of H-pyrrole nitrogens is 1. The molecule has 108 valence electrons. The summed E-state index contributed by atoms with van der Waals surface area (Å²) in [5.41, 5.74) is 3.22. The van der Waals surface area contributed by atoms with Gasteiger partial charge in [0.1, 0.15) is 0 Å². The second-order valence-corrected chi connectivity index (χ2v) is 5.23. The van der Waals surface area contributed by atoms with Crippen LogP contribution in [0.2, 0.25) is 0 Å². The molecule has 2 rings (SSSR count). The minimum absolute atomic E-state index is 0.0516. The zero-order valence-corrected chi connectivity index (χ0v) is 12.1. The molecule has 1 amide bonds. The zero-order valence-electron chi connectivity index (χ0n) is 12.1. The van der Waals surface area contributed by atoms with Crippen molar-refractivity contribution in [2.24, 2.45) is 0 Å². The van der Waals surface area contributed by atoms with Gasteiger partial charge in [0.2, 0.25) is 5.91 Å². The molecule has 0 aliphatic heterocycles. The summed E-state index contributed by atoms with van der Waals surface area (Å²) in [5.74, 6) is -0.0516. The van der Waals surface area contributed by atoms with E-state index in [-0.39, 0.29) is 5.91 Å². The molecule has 0 fully saturated rings. The van der Waals surface area contributed by atoms with E-state index in [1.807, 2.05) is 38.2 Å². The van der Waals surface area contributed by atoms with Crippen molar-refractivity contribution in [3.05, 3.63) is 35.5 Å². The number of carbonyl (C=O) groups excluding carboxylic acids is 1. The molecule has 0 saturated carbocycles. The van der Waals surface area contributed by atoms with Gasteiger partial charge in [-0.05, 0) is 30.5 Å². The van der Waals surface area contributed by atoms with Crippen molar-refractivity contribution in [1.82, 2.24) is 10.3 Å². The second kappa shape index (κ2) is 6.57. The fourth-order valence-electron chi connectivity index (χ4n) is 2.49. The number of aliphatic hydroxyl groups is 1. The van der Waals surface area contributed by atoms with Crippen molar-refractivity contribution in [3.8, 4) is 0 Å². The van der Waals surface area contributed by atoms with Crippen LogP contribution in [0, 0.1) is 6.92 Å². The molecule has 0 aliphatic carbocycles. The van der Waals surface area contributed by atoms with E-state index >= 15 is 0 Å². The number of hydrogen-bond donors (Lipinski definition) is 3. The number of aromatic nitrogens is 1. The number of rotatable bonds is 6. The first-order valence-corrected chi connectivity index (χ1v) is 7.12. The maximum Gasteiger partial charge on any atom is 0.224 e. The second-order valence-electron chi connectivity index (χ2n) is 5.23. The molecule has 2 aromatic rings. The molecule has 1 unspecified atom stereocenters. The van der Waals surface area contributed by atoms with Gasteiger partial charge in [-0.15, -0.1) is 0 Å². The summed E-state index contributed by atoms with van der Waals surface area (Å²) in [6.45, 7) is 4.39. The first-order chi connectivity index (χ1) is 9.61. The number of amides is 1. The van der Waals surface area contributed by atoms with Gasteiger partial charge in [0.15, 0.2) is 0 Å². The largest absolute Gasteiger partial charge is 0.391 e. The molecule has 0 bridgehead atoms. The molecule has 0 aliphatic rings. The van der Waals surface area contributed by atoms with Crippen LogP contribution in [0.5, 0.6) is 0 Å². The molecule has 1 aromatic heterocycles. The average Bonchev–Trinajstić information content (AvgIpc) is 2.81. The van der Waals surface area contributed by atoms with Crippen LogP contribution >= 0.6 is 0 Å². The molecule has 0 spiro atoms. The van der Waals surface area contributed by atoms with E-state index < -0.39 is 6.10 Å². The standard InChI is InChI=1S/C16H22N2O2/c1-3-5-13(19)10-18-15(20)8-12-9-17-14-7-4-6-11(2)16(12)14/h4,6-7,9,13,17,19H,3,5,8,10H2,1-2H3,(H,18,20). The molecule has 4 nitrogen and oxygen atoms in total. The zero-order chi connectivity index (χ0) is 14.5. The lowest BCUT2D eigenvalue weighted by Gasteiger charge is -2.10. The lowest BCUT2D eigenvalue weighted by Crippen LogP contribution is -2.33. The molecule has 0 radical (unpaired) electrons.